The van der Waals surface area contributed by atoms with Crippen LogP contribution in [0.15, 0.2) is 79.1 Å². The molecule has 30 heavy (non-hydrogen) atoms. The normalized spacial score (nSPS) is 15.6. The number of piperidine rings is 1. The minimum absolute atomic E-state index is 0.0453. The number of amides is 1. The summed E-state index contributed by atoms with van der Waals surface area (Å²) in [5.74, 6) is 0.634. The van der Waals surface area contributed by atoms with Gasteiger partial charge in [0.05, 0.1) is 23.5 Å². The van der Waals surface area contributed by atoms with Crippen molar-refractivity contribution in [2.45, 2.75) is 32.2 Å². The predicted octanol–water partition coefficient (Wildman–Crippen LogP) is 5.03. The van der Waals surface area contributed by atoms with E-state index in [9.17, 15) is 4.79 Å². The van der Waals surface area contributed by atoms with E-state index in [1.54, 1.807) is 6.20 Å². The first-order chi connectivity index (χ1) is 14.7. The number of carbonyl (C=O) groups excluding carboxylic acids is 1. The molecule has 1 aliphatic rings. The zero-order valence-corrected chi connectivity index (χ0v) is 17.5. The topological polar surface area (TPSA) is 45.2 Å². The van der Waals surface area contributed by atoms with Gasteiger partial charge in [-0.2, -0.15) is 0 Å². The summed E-state index contributed by atoms with van der Waals surface area (Å²) >= 11 is 0. The highest BCUT2D eigenvalue weighted by atomic mass is 16.1. The molecular formula is C26H29N3O. The van der Waals surface area contributed by atoms with Crippen LogP contribution in [0.1, 0.15) is 47.3 Å². The third kappa shape index (κ3) is 5.07. The molecule has 4 heteroatoms. The Hall–Kier alpha value is -3.14. The molecule has 0 bridgehead atoms. The van der Waals surface area contributed by atoms with E-state index in [1.165, 1.54) is 5.56 Å². The second-order valence-corrected chi connectivity index (χ2v) is 8.16. The third-order valence-electron chi connectivity index (χ3n) is 5.98. The van der Waals surface area contributed by atoms with Crippen LogP contribution < -0.4 is 10.2 Å². The number of rotatable bonds is 6. The van der Waals surface area contributed by atoms with E-state index in [1.807, 2.05) is 49.5 Å². The number of hydrogen-bond acceptors (Lipinski definition) is 3. The van der Waals surface area contributed by atoms with Crippen LogP contribution in [0.5, 0.6) is 0 Å². The summed E-state index contributed by atoms with van der Waals surface area (Å²) in [6, 6.07) is 22.7. The number of hydrogen-bond donors (Lipinski definition) is 1. The molecule has 4 nitrogen and oxygen atoms in total. The molecule has 1 aliphatic heterocycles. The van der Waals surface area contributed by atoms with E-state index in [-0.39, 0.29) is 11.9 Å². The van der Waals surface area contributed by atoms with Gasteiger partial charge < -0.3 is 10.2 Å². The van der Waals surface area contributed by atoms with E-state index in [0.717, 1.165) is 49.5 Å². The Bertz CT molecular complexity index is 950. The lowest BCUT2D eigenvalue weighted by Gasteiger charge is -2.33. The van der Waals surface area contributed by atoms with Crippen LogP contribution in [0.4, 0.5) is 5.69 Å². The smallest absolute Gasteiger partial charge is 0.253 e. The summed E-state index contributed by atoms with van der Waals surface area (Å²) in [5.41, 5.74) is 4.16. The Labute approximate surface area is 179 Å². The molecule has 2 heterocycles. The van der Waals surface area contributed by atoms with Crippen molar-refractivity contribution in [2.75, 3.05) is 18.0 Å². The average Bonchev–Trinajstić information content (AvgIpc) is 2.81. The molecule has 1 amide bonds. The van der Waals surface area contributed by atoms with Gasteiger partial charge in [-0.1, -0.05) is 60.7 Å². The van der Waals surface area contributed by atoms with Crippen LogP contribution in [0.3, 0.4) is 0 Å². The highest BCUT2D eigenvalue weighted by Gasteiger charge is 2.21. The molecule has 1 N–H and O–H groups in total. The number of carbonyl (C=O) groups is 1. The van der Waals surface area contributed by atoms with Gasteiger partial charge in [0.2, 0.25) is 0 Å². The minimum atomic E-state index is -0.0836. The predicted molar refractivity (Wildman–Crippen MR) is 122 cm³/mol. The Morgan fingerprint density at radius 2 is 1.70 bits per heavy atom. The van der Waals surface area contributed by atoms with Gasteiger partial charge in [-0.05, 0) is 49.3 Å². The molecule has 2 aromatic carbocycles. The maximum atomic E-state index is 12.7. The Morgan fingerprint density at radius 3 is 2.40 bits per heavy atom. The monoisotopic (exact) mass is 399 g/mol. The first kappa shape index (κ1) is 20.1. The van der Waals surface area contributed by atoms with E-state index in [2.05, 4.69) is 45.5 Å². The number of nitrogens with zero attached hydrogens (tertiary/aromatic N) is 2. The molecule has 0 aliphatic carbocycles. The molecule has 154 valence electrons. The van der Waals surface area contributed by atoms with Gasteiger partial charge in [-0.25, -0.2) is 0 Å². The van der Waals surface area contributed by atoms with Crippen molar-refractivity contribution >= 4 is 11.6 Å². The van der Waals surface area contributed by atoms with E-state index < -0.39 is 0 Å². The standard InChI is InChI=1S/C26H29N3O/c1-20(23-10-6-3-7-11-23)28-26(30)24-17-25(19-27-18-24)29-14-12-22(13-15-29)16-21-8-4-2-5-9-21/h2-11,17-20,22H,12-16H2,1H3,(H,28,30). The maximum Gasteiger partial charge on any atom is 0.253 e. The summed E-state index contributed by atoms with van der Waals surface area (Å²) in [4.78, 5) is 19.4. The van der Waals surface area contributed by atoms with Gasteiger partial charge in [-0.15, -0.1) is 0 Å². The van der Waals surface area contributed by atoms with E-state index in [0.29, 0.717) is 5.56 Å². The number of aromatic nitrogens is 1. The molecule has 1 saturated heterocycles. The fourth-order valence-electron chi connectivity index (χ4n) is 4.17. The Kier molecular flexibility index (Phi) is 6.43. The van der Waals surface area contributed by atoms with Crippen LogP contribution in [-0.4, -0.2) is 24.0 Å². The quantitative estimate of drug-likeness (QED) is 0.632. The van der Waals surface area contributed by atoms with Gasteiger partial charge in [-0.3, -0.25) is 9.78 Å². The molecule has 0 radical (unpaired) electrons. The third-order valence-corrected chi connectivity index (χ3v) is 5.98. The van der Waals surface area contributed by atoms with Crippen LogP contribution in [0, 0.1) is 5.92 Å². The SMILES string of the molecule is CC(NC(=O)c1cncc(N2CCC(Cc3ccccc3)CC2)c1)c1ccccc1. The minimum Gasteiger partial charge on any atom is -0.370 e. The van der Waals surface area contributed by atoms with Gasteiger partial charge in [0, 0.05) is 19.3 Å². The fourth-order valence-corrected chi connectivity index (χ4v) is 4.17. The van der Waals surface area contributed by atoms with Crippen LogP contribution >= 0.6 is 0 Å². The molecule has 4 rings (SSSR count). The zero-order valence-electron chi connectivity index (χ0n) is 17.5. The van der Waals surface area contributed by atoms with E-state index >= 15 is 0 Å². The summed E-state index contributed by atoms with van der Waals surface area (Å²) < 4.78 is 0. The molecule has 1 fully saturated rings. The maximum absolute atomic E-state index is 12.7. The molecule has 0 saturated carbocycles. The molecule has 1 unspecified atom stereocenters. The van der Waals surface area contributed by atoms with Crippen molar-refractivity contribution in [3.8, 4) is 0 Å². The average molecular weight is 400 g/mol. The van der Waals surface area contributed by atoms with Gasteiger partial charge in [0.25, 0.3) is 5.91 Å². The number of benzene rings is 2. The van der Waals surface area contributed by atoms with Gasteiger partial charge in [0.15, 0.2) is 0 Å². The first-order valence-electron chi connectivity index (χ1n) is 10.8. The lowest BCUT2D eigenvalue weighted by molar-refractivity contribution is 0.0939. The highest BCUT2D eigenvalue weighted by Crippen LogP contribution is 2.26. The lowest BCUT2D eigenvalue weighted by atomic mass is 9.90. The van der Waals surface area contributed by atoms with Gasteiger partial charge >= 0.3 is 0 Å². The van der Waals surface area contributed by atoms with Crippen LogP contribution in [0.2, 0.25) is 0 Å². The van der Waals surface area contributed by atoms with Crippen molar-refractivity contribution in [1.29, 1.82) is 0 Å². The molecule has 1 aromatic heterocycles. The zero-order chi connectivity index (χ0) is 20.8. The Morgan fingerprint density at radius 1 is 1.03 bits per heavy atom. The van der Waals surface area contributed by atoms with Crippen molar-refractivity contribution in [1.82, 2.24) is 10.3 Å². The van der Waals surface area contributed by atoms with Crippen molar-refractivity contribution < 1.29 is 4.79 Å². The van der Waals surface area contributed by atoms with Crippen molar-refractivity contribution in [3.63, 3.8) is 0 Å². The second-order valence-electron chi connectivity index (χ2n) is 8.16. The summed E-state index contributed by atoms with van der Waals surface area (Å²) in [6.45, 7) is 4.01. The van der Waals surface area contributed by atoms with Crippen LogP contribution in [0.25, 0.3) is 0 Å². The second kappa shape index (κ2) is 9.57. The summed E-state index contributed by atoms with van der Waals surface area (Å²) in [6.07, 6.45) is 6.99. The number of nitrogens with one attached hydrogen (secondary N) is 1. The number of pyridine rings is 1. The molecule has 3 aromatic rings. The van der Waals surface area contributed by atoms with Crippen LogP contribution in [-0.2, 0) is 6.42 Å². The largest absolute Gasteiger partial charge is 0.370 e. The first-order valence-corrected chi connectivity index (χ1v) is 10.8. The summed E-state index contributed by atoms with van der Waals surface area (Å²) in [7, 11) is 0. The van der Waals surface area contributed by atoms with Crippen molar-refractivity contribution in [2.24, 2.45) is 5.92 Å². The van der Waals surface area contributed by atoms with E-state index in [4.69, 9.17) is 0 Å². The fraction of sp³-hybridized carbons (Fsp3) is 0.308. The molecular weight excluding hydrogens is 370 g/mol. The van der Waals surface area contributed by atoms with Gasteiger partial charge in [0.1, 0.15) is 0 Å². The van der Waals surface area contributed by atoms with Crippen molar-refractivity contribution in [3.05, 3.63) is 95.8 Å². The number of anilines is 1. The molecule has 1 atom stereocenters. The lowest BCUT2D eigenvalue weighted by Crippen LogP contribution is -2.34. The molecule has 0 spiro atoms. The highest BCUT2D eigenvalue weighted by molar-refractivity contribution is 5.95. The summed E-state index contributed by atoms with van der Waals surface area (Å²) in [5, 5.41) is 3.08. The Balaban J connectivity index is 1.35.